The predicted molar refractivity (Wildman–Crippen MR) is 52.9 cm³/mol. The minimum Gasteiger partial charge on any atom is -0.480 e. The van der Waals surface area contributed by atoms with E-state index < -0.39 is 22.8 Å². The number of carboxylic acid groups (broad SMARTS) is 1. The summed E-state index contributed by atoms with van der Waals surface area (Å²) in [6.07, 6.45) is 4.47. The van der Waals surface area contributed by atoms with Crippen LogP contribution in [0.2, 0.25) is 0 Å². The van der Waals surface area contributed by atoms with Crippen LogP contribution in [0.1, 0.15) is 13.3 Å². The van der Waals surface area contributed by atoms with Gasteiger partial charge in [-0.2, -0.15) is 0 Å². The number of carbonyl (C=O) groups is 1. The van der Waals surface area contributed by atoms with Gasteiger partial charge in [0, 0.05) is 22.3 Å². The number of rotatable bonds is 6. The van der Waals surface area contributed by atoms with Crippen LogP contribution in [0.5, 0.6) is 0 Å². The molecular weight excluding hydrogens is 190 g/mol. The van der Waals surface area contributed by atoms with Gasteiger partial charge in [-0.3, -0.25) is 9.00 Å². The average molecular weight is 205 g/mol. The topological polar surface area (TPSA) is 80.4 Å². The molecule has 5 heteroatoms. The lowest BCUT2D eigenvalue weighted by molar-refractivity contribution is -0.137. The molecule has 0 aromatic heterocycles. The lowest BCUT2D eigenvalue weighted by atomic mass is 10.4. The van der Waals surface area contributed by atoms with Gasteiger partial charge in [-0.25, -0.2) is 0 Å². The van der Waals surface area contributed by atoms with E-state index in [2.05, 4.69) is 0 Å². The Kier molecular flexibility index (Phi) is 6.44. The number of hydrogen-bond donors (Lipinski definition) is 2. The fourth-order valence-electron chi connectivity index (χ4n) is 0.721. The molecule has 4 nitrogen and oxygen atoms in total. The van der Waals surface area contributed by atoms with Crippen LogP contribution in [-0.2, 0) is 15.6 Å². The molecule has 0 bridgehead atoms. The van der Waals surface area contributed by atoms with Crippen LogP contribution in [0.3, 0.4) is 0 Å². The number of aliphatic carboxylic acids is 1. The zero-order valence-electron chi connectivity index (χ0n) is 7.60. The molecule has 0 rings (SSSR count). The lowest BCUT2D eigenvalue weighted by Crippen LogP contribution is -2.35. The SMILES string of the molecule is C/C=C/CCS(=O)C[C@@H](N)C(=O)O. The first kappa shape index (κ1) is 12.3. The van der Waals surface area contributed by atoms with Crippen LogP contribution in [0, 0.1) is 0 Å². The van der Waals surface area contributed by atoms with Crippen molar-refractivity contribution in [3.05, 3.63) is 12.2 Å². The number of allylic oxidation sites excluding steroid dienone is 2. The van der Waals surface area contributed by atoms with E-state index in [1.54, 1.807) is 0 Å². The molecule has 13 heavy (non-hydrogen) atoms. The lowest BCUT2D eigenvalue weighted by Gasteiger charge is -2.04. The Balaban J connectivity index is 3.68. The van der Waals surface area contributed by atoms with Gasteiger partial charge in [-0.05, 0) is 13.3 Å². The minimum atomic E-state index is -1.13. The maximum absolute atomic E-state index is 11.2. The number of hydrogen-bond acceptors (Lipinski definition) is 3. The van der Waals surface area contributed by atoms with E-state index in [0.717, 1.165) is 0 Å². The highest BCUT2D eigenvalue weighted by atomic mass is 32.2. The molecule has 0 aliphatic rings. The van der Waals surface area contributed by atoms with Crippen molar-refractivity contribution < 1.29 is 14.1 Å². The summed E-state index contributed by atoms with van der Waals surface area (Å²) >= 11 is 0. The molecule has 0 amide bonds. The first-order valence-corrected chi connectivity index (χ1v) is 5.51. The number of nitrogens with two attached hydrogens (primary N) is 1. The van der Waals surface area contributed by atoms with Crippen molar-refractivity contribution in [1.29, 1.82) is 0 Å². The molecule has 3 N–H and O–H groups in total. The van der Waals surface area contributed by atoms with Crippen LogP contribution >= 0.6 is 0 Å². The van der Waals surface area contributed by atoms with Crippen LogP contribution < -0.4 is 5.73 Å². The fraction of sp³-hybridized carbons (Fsp3) is 0.625. The molecule has 2 atom stereocenters. The molecule has 0 fully saturated rings. The Labute approximate surface area is 80.3 Å². The molecule has 0 radical (unpaired) electrons. The summed E-state index contributed by atoms with van der Waals surface area (Å²) in [7, 11) is -1.13. The summed E-state index contributed by atoms with van der Waals surface area (Å²) in [6, 6.07) is -1.01. The quantitative estimate of drug-likeness (QED) is 0.603. The van der Waals surface area contributed by atoms with Gasteiger partial charge in [-0.1, -0.05) is 12.2 Å². The van der Waals surface area contributed by atoms with E-state index in [1.165, 1.54) is 0 Å². The second-order valence-corrected chi connectivity index (χ2v) is 4.23. The average Bonchev–Trinajstić information content (AvgIpc) is 2.04. The van der Waals surface area contributed by atoms with Crippen molar-refractivity contribution in [1.82, 2.24) is 0 Å². The Morgan fingerprint density at radius 1 is 1.69 bits per heavy atom. The maximum Gasteiger partial charge on any atom is 0.321 e. The summed E-state index contributed by atoms with van der Waals surface area (Å²) in [5.41, 5.74) is 5.21. The second-order valence-electron chi connectivity index (χ2n) is 2.61. The van der Waals surface area contributed by atoms with Crippen molar-refractivity contribution in [2.75, 3.05) is 11.5 Å². The van der Waals surface area contributed by atoms with E-state index in [9.17, 15) is 9.00 Å². The summed E-state index contributed by atoms with van der Waals surface area (Å²) in [6.45, 7) is 1.88. The van der Waals surface area contributed by atoms with Crippen LogP contribution in [-0.4, -0.2) is 32.8 Å². The maximum atomic E-state index is 11.2. The molecule has 0 saturated heterocycles. The summed E-state index contributed by atoms with van der Waals surface area (Å²) in [5, 5.41) is 8.43. The van der Waals surface area contributed by atoms with Gasteiger partial charge in [0.15, 0.2) is 0 Å². The van der Waals surface area contributed by atoms with Crippen LogP contribution in [0.4, 0.5) is 0 Å². The molecule has 0 spiro atoms. The number of carboxylic acids is 1. The highest BCUT2D eigenvalue weighted by molar-refractivity contribution is 7.85. The molecular formula is C8H15NO3S. The van der Waals surface area contributed by atoms with Crippen LogP contribution in [0.25, 0.3) is 0 Å². The predicted octanol–water partition coefficient (Wildman–Crippen LogP) is 0.113. The molecule has 0 heterocycles. The minimum absolute atomic E-state index is 0.0346. The third-order valence-electron chi connectivity index (χ3n) is 1.43. The van der Waals surface area contributed by atoms with Crippen molar-refractivity contribution in [3.8, 4) is 0 Å². The Bertz CT molecular complexity index is 215. The molecule has 0 aliphatic carbocycles. The van der Waals surface area contributed by atoms with Crippen molar-refractivity contribution in [3.63, 3.8) is 0 Å². The summed E-state index contributed by atoms with van der Waals surface area (Å²) in [4.78, 5) is 10.3. The Hall–Kier alpha value is -0.680. The van der Waals surface area contributed by atoms with E-state index in [4.69, 9.17) is 10.8 Å². The van der Waals surface area contributed by atoms with E-state index in [0.29, 0.717) is 12.2 Å². The smallest absolute Gasteiger partial charge is 0.321 e. The third-order valence-corrected chi connectivity index (χ3v) is 2.85. The monoisotopic (exact) mass is 205 g/mol. The van der Waals surface area contributed by atoms with Gasteiger partial charge in [0.05, 0.1) is 0 Å². The highest BCUT2D eigenvalue weighted by Gasteiger charge is 2.14. The second kappa shape index (κ2) is 6.80. The van der Waals surface area contributed by atoms with Gasteiger partial charge >= 0.3 is 5.97 Å². The Morgan fingerprint density at radius 2 is 2.31 bits per heavy atom. The summed E-state index contributed by atoms with van der Waals surface area (Å²) < 4.78 is 11.2. The van der Waals surface area contributed by atoms with Crippen molar-refractivity contribution >= 4 is 16.8 Å². The van der Waals surface area contributed by atoms with Crippen LogP contribution in [0.15, 0.2) is 12.2 Å². The Morgan fingerprint density at radius 3 is 2.77 bits per heavy atom. The largest absolute Gasteiger partial charge is 0.480 e. The van der Waals surface area contributed by atoms with Gasteiger partial charge in [0.2, 0.25) is 0 Å². The zero-order valence-corrected chi connectivity index (χ0v) is 8.42. The molecule has 0 aliphatic heterocycles. The van der Waals surface area contributed by atoms with E-state index >= 15 is 0 Å². The third kappa shape index (κ3) is 6.48. The van der Waals surface area contributed by atoms with Crippen molar-refractivity contribution in [2.24, 2.45) is 5.73 Å². The van der Waals surface area contributed by atoms with E-state index in [1.807, 2.05) is 19.1 Å². The molecule has 0 aromatic carbocycles. The first-order valence-electron chi connectivity index (χ1n) is 4.02. The van der Waals surface area contributed by atoms with Crippen molar-refractivity contribution in [2.45, 2.75) is 19.4 Å². The van der Waals surface area contributed by atoms with E-state index in [-0.39, 0.29) is 5.75 Å². The molecule has 0 saturated carbocycles. The highest BCUT2D eigenvalue weighted by Crippen LogP contribution is 1.92. The van der Waals surface area contributed by atoms with Gasteiger partial charge in [0.1, 0.15) is 6.04 Å². The standard InChI is InChI=1S/C8H15NO3S/c1-2-3-4-5-13(12)6-7(9)8(10)11/h2-3,7H,4-6,9H2,1H3,(H,10,11)/b3-2+/t7-,13?/m1/s1. The molecule has 76 valence electrons. The summed E-state index contributed by atoms with van der Waals surface area (Å²) in [5.74, 6) is -0.586. The van der Waals surface area contributed by atoms with Gasteiger partial charge in [-0.15, -0.1) is 0 Å². The molecule has 0 aromatic rings. The molecule has 1 unspecified atom stereocenters. The first-order chi connectivity index (χ1) is 6.07. The normalized spacial score (nSPS) is 15.8. The zero-order chi connectivity index (χ0) is 10.3. The van der Waals surface area contributed by atoms with Gasteiger partial charge in [0.25, 0.3) is 0 Å². The van der Waals surface area contributed by atoms with Gasteiger partial charge < -0.3 is 10.8 Å². The fourth-order valence-corrected chi connectivity index (χ4v) is 1.83.